The second-order valence-corrected chi connectivity index (χ2v) is 5.74. The first kappa shape index (κ1) is 18.7. The van der Waals surface area contributed by atoms with Gasteiger partial charge in [0.1, 0.15) is 12.2 Å². The number of anilines is 2. The van der Waals surface area contributed by atoms with Crippen molar-refractivity contribution in [2.24, 2.45) is 0 Å². The Kier molecular flexibility index (Phi) is 5.59. The standard InChI is InChI=1S/C20H18F3N3O/c1-2-26(16-11-7-4-8-12-16)18-17(20(21,22)23)13-24-19(25-18)27-14-15-9-5-3-6-10-15/h3-13H,2,14H2,1H3. The zero-order valence-corrected chi connectivity index (χ0v) is 14.6. The van der Waals surface area contributed by atoms with Crippen LogP contribution >= 0.6 is 0 Å². The number of rotatable bonds is 6. The summed E-state index contributed by atoms with van der Waals surface area (Å²) in [6, 6.07) is 18.0. The number of hydrogen-bond donors (Lipinski definition) is 0. The van der Waals surface area contributed by atoms with E-state index in [0.29, 0.717) is 12.2 Å². The number of hydrogen-bond acceptors (Lipinski definition) is 4. The number of ether oxygens (including phenoxy) is 1. The molecule has 0 radical (unpaired) electrons. The predicted molar refractivity (Wildman–Crippen MR) is 96.9 cm³/mol. The Balaban J connectivity index is 1.96. The molecular formula is C20H18F3N3O. The van der Waals surface area contributed by atoms with Crippen molar-refractivity contribution in [3.8, 4) is 6.01 Å². The molecule has 3 aromatic rings. The minimum absolute atomic E-state index is 0.101. The average molecular weight is 373 g/mol. The van der Waals surface area contributed by atoms with Crippen molar-refractivity contribution in [3.63, 3.8) is 0 Å². The SMILES string of the molecule is CCN(c1ccccc1)c1nc(OCc2ccccc2)ncc1C(F)(F)F. The quantitative estimate of drug-likeness (QED) is 0.593. The Bertz CT molecular complexity index is 871. The summed E-state index contributed by atoms with van der Waals surface area (Å²) >= 11 is 0. The molecule has 140 valence electrons. The number of nitrogens with zero attached hydrogens (tertiary/aromatic N) is 3. The van der Waals surface area contributed by atoms with Gasteiger partial charge in [-0.1, -0.05) is 48.5 Å². The summed E-state index contributed by atoms with van der Waals surface area (Å²) in [4.78, 5) is 9.31. The second kappa shape index (κ2) is 8.07. The third-order valence-electron chi connectivity index (χ3n) is 3.90. The van der Waals surface area contributed by atoms with Crippen LogP contribution in [0.2, 0.25) is 0 Å². The largest absolute Gasteiger partial charge is 0.459 e. The number of benzene rings is 2. The van der Waals surface area contributed by atoms with E-state index in [0.717, 1.165) is 11.8 Å². The van der Waals surface area contributed by atoms with Gasteiger partial charge in [0.05, 0.1) is 0 Å². The third kappa shape index (κ3) is 4.55. The maximum absolute atomic E-state index is 13.5. The Morgan fingerprint density at radius 3 is 2.19 bits per heavy atom. The summed E-state index contributed by atoms with van der Waals surface area (Å²) in [7, 11) is 0. The molecule has 27 heavy (non-hydrogen) atoms. The van der Waals surface area contributed by atoms with Crippen LogP contribution in [-0.4, -0.2) is 16.5 Å². The van der Waals surface area contributed by atoms with E-state index in [9.17, 15) is 13.2 Å². The lowest BCUT2D eigenvalue weighted by molar-refractivity contribution is -0.137. The minimum atomic E-state index is -4.57. The van der Waals surface area contributed by atoms with Crippen LogP contribution in [0.25, 0.3) is 0 Å². The summed E-state index contributed by atoms with van der Waals surface area (Å²) in [6.45, 7) is 2.24. The normalized spacial score (nSPS) is 11.3. The highest BCUT2D eigenvalue weighted by molar-refractivity contribution is 5.63. The van der Waals surface area contributed by atoms with Crippen LogP contribution < -0.4 is 9.64 Å². The van der Waals surface area contributed by atoms with Gasteiger partial charge >= 0.3 is 12.2 Å². The molecule has 0 spiro atoms. The molecular weight excluding hydrogens is 355 g/mol. The fraction of sp³-hybridized carbons (Fsp3) is 0.200. The van der Waals surface area contributed by atoms with E-state index in [1.807, 2.05) is 30.3 Å². The molecule has 0 fully saturated rings. The van der Waals surface area contributed by atoms with E-state index in [4.69, 9.17) is 4.74 Å². The molecule has 1 heterocycles. The highest BCUT2D eigenvalue weighted by Gasteiger charge is 2.37. The van der Waals surface area contributed by atoms with E-state index >= 15 is 0 Å². The van der Waals surface area contributed by atoms with E-state index in [1.165, 1.54) is 4.90 Å². The maximum Gasteiger partial charge on any atom is 0.421 e. The van der Waals surface area contributed by atoms with Crippen LogP contribution in [0.3, 0.4) is 0 Å². The van der Waals surface area contributed by atoms with Gasteiger partial charge in [-0.3, -0.25) is 0 Å². The first-order valence-electron chi connectivity index (χ1n) is 8.42. The van der Waals surface area contributed by atoms with Gasteiger partial charge in [0.2, 0.25) is 0 Å². The Hall–Kier alpha value is -3.09. The van der Waals surface area contributed by atoms with Gasteiger partial charge in [-0.2, -0.15) is 18.2 Å². The van der Waals surface area contributed by atoms with E-state index < -0.39 is 11.7 Å². The van der Waals surface area contributed by atoms with Gasteiger partial charge < -0.3 is 9.64 Å². The lowest BCUT2D eigenvalue weighted by Gasteiger charge is -2.25. The molecule has 0 amide bonds. The van der Waals surface area contributed by atoms with E-state index in [-0.39, 0.29) is 18.4 Å². The number of aromatic nitrogens is 2. The van der Waals surface area contributed by atoms with Crippen molar-refractivity contribution < 1.29 is 17.9 Å². The van der Waals surface area contributed by atoms with E-state index in [2.05, 4.69) is 9.97 Å². The number of alkyl halides is 3. The van der Waals surface area contributed by atoms with Crippen molar-refractivity contribution in [2.75, 3.05) is 11.4 Å². The highest BCUT2D eigenvalue weighted by Crippen LogP contribution is 2.38. The Labute approximate surface area is 155 Å². The van der Waals surface area contributed by atoms with Gasteiger partial charge in [-0.25, -0.2) is 4.98 Å². The summed E-state index contributed by atoms with van der Waals surface area (Å²) in [6.07, 6.45) is -3.80. The highest BCUT2D eigenvalue weighted by atomic mass is 19.4. The Morgan fingerprint density at radius 1 is 0.963 bits per heavy atom. The van der Waals surface area contributed by atoms with Crippen molar-refractivity contribution in [3.05, 3.63) is 78.0 Å². The fourth-order valence-corrected chi connectivity index (χ4v) is 2.62. The average Bonchev–Trinajstić information content (AvgIpc) is 2.68. The summed E-state index contributed by atoms with van der Waals surface area (Å²) < 4.78 is 46.0. The Morgan fingerprint density at radius 2 is 1.59 bits per heavy atom. The molecule has 0 aliphatic heterocycles. The van der Waals surface area contributed by atoms with E-state index in [1.54, 1.807) is 37.3 Å². The molecule has 0 bridgehead atoms. The first-order chi connectivity index (χ1) is 13.0. The van der Waals surface area contributed by atoms with Crippen molar-refractivity contribution in [1.29, 1.82) is 0 Å². The van der Waals surface area contributed by atoms with Gasteiger partial charge in [-0.05, 0) is 24.6 Å². The third-order valence-corrected chi connectivity index (χ3v) is 3.90. The molecule has 7 heteroatoms. The zero-order chi connectivity index (χ0) is 19.3. The maximum atomic E-state index is 13.5. The number of halogens is 3. The van der Waals surface area contributed by atoms with Crippen LogP contribution in [0.15, 0.2) is 66.9 Å². The zero-order valence-electron chi connectivity index (χ0n) is 14.6. The molecule has 0 saturated heterocycles. The van der Waals surface area contributed by atoms with Crippen molar-refractivity contribution in [2.45, 2.75) is 19.7 Å². The van der Waals surface area contributed by atoms with Crippen LogP contribution in [0.4, 0.5) is 24.7 Å². The first-order valence-corrected chi connectivity index (χ1v) is 8.42. The van der Waals surface area contributed by atoms with Gasteiger partial charge in [-0.15, -0.1) is 0 Å². The molecule has 2 aromatic carbocycles. The summed E-state index contributed by atoms with van der Waals surface area (Å²) in [5, 5.41) is 0. The fourth-order valence-electron chi connectivity index (χ4n) is 2.62. The summed E-state index contributed by atoms with van der Waals surface area (Å²) in [5.74, 6) is -0.228. The predicted octanol–water partition coefficient (Wildman–Crippen LogP) is 5.23. The lowest BCUT2D eigenvalue weighted by Crippen LogP contribution is -2.23. The monoisotopic (exact) mass is 373 g/mol. The van der Waals surface area contributed by atoms with Gasteiger partial charge in [0.15, 0.2) is 5.82 Å². The molecule has 0 aliphatic rings. The van der Waals surface area contributed by atoms with Crippen LogP contribution in [-0.2, 0) is 12.8 Å². The molecule has 4 nitrogen and oxygen atoms in total. The molecule has 0 unspecified atom stereocenters. The summed E-state index contributed by atoms with van der Waals surface area (Å²) in [5.41, 5.74) is 0.580. The minimum Gasteiger partial charge on any atom is -0.459 e. The molecule has 0 N–H and O–H groups in total. The van der Waals surface area contributed by atoms with Crippen molar-refractivity contribution >= 4 is 11.5 Å². The van der Waals surface area contributed by atoms with Crippen LogP contribution in [0.5, 0.6) is 6.01 Å². The smallest absolute Gasteiger partial charge is 0.421 e. The molecule has 0 atom stereocenters. The second-order valence-electron chi connectivity index (χ2n) is 5.74. The molecule has 0 aliphatic carbocycles. The topological polar surface area (TPSA) is 38.2 Å². The molecule has 1 aromatic heterocycles. The van der Waals surface area contributed by atoms with Gasteiger partial charge in [0, 0.05) is 18.4 Å². The molecule has 3 rings (SSSR count). The lowest BCUT2D eigenvalue weighted by atomic mass is 10.2. The van der Waals surface area contributed by atoms with Crippen LogP contribution in [0, 0.1) is 0 Å². The van der Waals surface area contributed by atoms with Crippen molar-refractivity contribution in [1.82, 2.24) is 9.97 Å². The van der Waals surface area contributed by atoms with Gasteiger partial charge in [0.25, 0.3) is 0 Å². The van der Waals surface area contributed by atoms with Crippen LogP contribution in [0.1, 0.15) is 18.1 Å². The molecule has 0 saturated carbocycles. The number of para-hydroxylation sites is 1.